The summed E-state index contributed by atoms with van der Waals surface area (Å²) in [6.45, 7) is 4.14. The van der Waals surface area contributed by atoms with Crippen LogP contribution in [0.5, 0.6) is 0 Å². The second-order valence-corrected chi connectivity index (χ2v) is 6.54. The minimum Gasteiger partial charge on any atom is -0.313 e. The van der Waals surface area contributed by atoms with Gasteiger partial charge in [-0.2, -0.15) is 12.7 Å². The molecule has 6 heteroatoms. The van der Waals surface area contributed by atoms with Gasteiger partial charge in [-0.15, -0.1) is 0 Å². The predicted octanol–water partition coefficient (Wildman–Crippen LogP) is 0.695. The number of piperidine rings is 1. The number of unbranched alkanes of at least 4 members (excludes halogenated alkanes) is 1. The maximum Gasteiger partial charge on any atom is 0.279 e. The lowest BCUT2D eigenvalue weighted by molar-refractivity contribution is 0.389. The van der Waals surface area contributed by atoms with Gasteiger partial charge in [-0.05, 0) is 25.8 Å². The van der Waals surface area contributed by atoms with Crippen molar-refractivity contribution < 1.29 is 8.42 Å². The Hall–Kier alpha value is -0.170. The quantitative estimate of drug-likeness (QED) is 0.710. The van der Waals surface area contributed by atoms with Crippen molar-refractivity contribution in [1.29, 1.82) is 0 Å². The summed E-state index contributed by atoms with van der Waals surface area (Å²) in [6, 6.07) is 0.290. The molecule has 0 spiro atoms. The van der Waals surface area contributed by atoms with Crippen molar-refractivity contribution in [3.05, 3.63) is 0 Å². The fourth-order valence-electron chi connectivity index (χ4n) is 1.92. The summed E-state index contributed by atoms with van der Waals surface area (Å²) in [5.41, 5.74) is 0. The lowest BCUT2D eigenvalue weighted by Gasteiger charge is -2.25. The van der Waals surface area contributed by atoms with Crippen LogP contribution in [-0.4, -0.2) is 45.4 Å². The van der Waals surface area contributed by atoms with E-state index in [4.69, 9.17) is 0 Å². The van der Waals surface area contributed by atoms with E-state index in [0.29, 0.717) is 13.1 Å². The Bertz CT molecular complexity index is 300. The van der Waals surface area contributed by atoms with Crippen molar-refractivity contribution in [1.82, 2.24) is 14.3 Å². The summed E-state index contributed by atoms with van der Waals surface area (Å²) in [4.78, 5) is 0. The molecule has 1 aliphatic heterocycles. The van der Waals surface area contributed by atoms with Crippen LogP contribution < -0.4 is 10.0 Å². The van der Waals surface area contributed by atoms with E-state index in [1.165, 1.54) is 17.1 Å². The molecule has 2 N–H and O–H groups in total. The normalized spacial score (nSPS) is 21.9. The number of nitrogens with zero attached hydrogens (tertiary/aromatic N) is 1. The van der Waals surface area contributed by atoms with Crippen LogP contribution in [0.2, 0.25) is 0 Å². The van der Waals surface area contributed by atoms with Crippen molar-refractivity contribution in [3.8, 4) is 0 Å². The molecule has 1 aliphatic rings. The molecule has 0 radical (unpaired) electrons. The molecule has 17 heavy (non-hydrogen) atoms. The van der Waals surface area contributed by atoms with Crippen LogP contribution in [0.4, 0.5) is 0 Å². The highest BCUT2D eigenvalue weighted by Gasteiger charge is 2.19. The molecular weight excluding hydrogens is 238 g/mol. The van der Waals surface area contributed by atoms with E-state index >= 15 is 0 Å². The van der Waals surface area contributed by atoms with E-state index in [1.54, 1.807) is 7.05 Å². The van der Waals surface area contributed by atoms with Crippen LogP contribution in [0, 0.1) is 0 Å². The lowest BCUT2D eigenvalue weighted by Crippen LogP contribution is -2.47. The minimum atomic E-state index is -3.29. The average molecular weight is 263 g/mol. The average Bonchev–Trinajstić information content (AvgIpc) is 2.35. The third-order valence-corrected chi connectivity index (χ3v) is 4.70. The molecule has 1 rings (SSSR count). The summed E-state index contributed by atoms with van der Waals surface area (Å²) in [5, 5.41) is 3.33. The number of hydrogen-bond donors (Lipinski definition) is 2. The molecule has 0 aromatic carbocycles. The van der Waals surface area contributed by atoms with Gasteiger partial charge < -0.3 is 5.32 Å². The number of hydrogen-bond acceptors (Lipinski definition) is 3. The van der Waals surface area contributed by atoms with Crippen molar-refractivity contribution >= 4 is 10.2 Å². The molecule has 1 heterocycles. The molecule has 0 amide bonds. The maximum absolute atomic E-state index is 11.9. The van der Waals surface area contributed by atoms with E-state index in [0.717, 1.165) is 25.8 Å². The summed E-state index contributed by atoms with van der Waals surface area (Å²) < 4.78 is 27.8. The zero-order chi connectivity index (χ0) is 12.7. The molecule has 1 fully saturated rings. The van der Waals surface area contributed by atoms with Crippen molar-refractivity contribution in [2.45, 2.75) is 45.1 Å². The summed E-state index contributed by atoms with van der Waals surface area (Å²) >= 11 is 0. The Morgan fingerprint density at radius 3 is 2.76 bits per heavy atom. The molecule has 5 nitrogen and oxygen atoms in total. The van der Waals surface area contributed by atoms with Gasteiger partial charge in [-0.1, -0.05) is 19.8 Å². The van der Waals surface area contributed by atoms with E-state index in [2.05, 4.69) is 17.0 Å². The van der Waals surface area contributed by atoms with Gasteiger partial charge in [0.25, 0.3) is 10.2 Å². The van der Waals surface area contributed by atoms with Crippen LogP contribution in [-0.2, 0) is 10.2 Å². The molecule has 1 saturated heterocycles. The van der Waals surface area contributed by atoms with Crippen LogP contribution in [0.25, 0.3) is 0 Å². The number of rotatable bonds is 7. The summed E-state index contributed by atoms with van der Waals surface area (Å²) in [7, 11) is -1.66. The van der Waals surface area contributed by atoms with E-state index in [9.17, 15) is 8.42 Å². The SMILES string of the molecule is CCCCN(C)S(=O)(=O)NCC1CCCCN1. The van der Waals surface area contributed by atoms with Gasteiger partial charge in [0.15, 0.2) is 0 Å². The Morgan fingerprint density at radius 1 is 1.41 bits per heavy atom. The van der Waals surface area contributed by atoms with Crippen molar-refractivity contribution in [3.63, 3.8) is 0 Å². The van der Waals surface area contributed by atoms with E-state index < -0.39 is 10.2 Å². The van der Waals surface area contributed by atoms with Crippen LogP contribution in [0.3, 0.4) is 0 Å². The zero-order valence-corrected chi connectivity index (χ0v) is 11.7. The molecule has 0 aromatic heterocycles. The second-order valence-electron chi connectivity index (χ2n) is 4.68. The Labute approximate surface area is 105 Å². The monoisotopic (exact) mass is 263 g/mol. The van der Waals surface area contributed by atoms with Gasteiger partial charge in [0.2, 0.25) is 0 Å². The molecular formula is C11H25N3O2S. The first kappa shape index (κ1) is 14.9. The third-order valence-electron chi connectivity index (χ3n) is 3.16. The Kier molecular flexibility index (Phi) is 6.40. The smallest absolute Gasteiger partial charge is 0.279 e. The number of nitrogens with one attached hydrogen (secondary N) is 2. The molecule has 102 valence electrons. The van der Waals surface area contributed by atoms with Crippen LogP contribution in [0.1, 0.15) is 39.0 Å². The minimum absolute atomic E-state index is 0.290. The molecule has 1 unspecified atom stereocenters. The van der Waals surface area contributed by atoms with E-state index in [1.807, 2.05) is 0 Å². The molecule has 0 aromatic rings. The molecule has 0 bridgehead atoms. The van der Waals surface area contributed by atoms with Gasteiger partial charge in [0, 0.05) is 26.2 Å². The zero-order valence-electron chi connectivity index (χ0n) is 10.9. The fraction of sp³-hybridized carbons (Fsp3) is 1.00. The Morgan fingerprint density at radius 2 is 2.18 bits per heavy atom. The first-order valence-electron chi connectivity index (χ1n) is 6.50. The highest BCUT2D eigenvalue weighted by atomic mass is 32.2. The summed E-state index contributed by atoms with van der Waals surface area (Å²) in [5.74, 6) is 0. The van der Waals surface area contributed by atoms with Crippen molar-refractivity contribution in [2.75, 3.05) is 26.7 Å². The van der Waals surface area contributed by atoms with Crippen molar-refractivity contribution in [2.24, 2.45) is 0 Å². The lowest BCUT2D eigenvalue weighted by atomic mass is 10.1. The van der Waals surface area contributed by atoms with Gasteiger partial charge >= 0.3 is 0 Å². The third kappa shape index (κ3) is 5.33. The van der Waals surface area contributed by atoms with Gasteiger partial charge in [-0.3, -0.25) is 0 Å². The van der Waals surface area contributed by atoms with Gasteiger partial charge in [-0.25, -0.2) is 4.72 Å². The molecule has 0 aliphatic carbocycles. The highest BCUT2D eigenvalue weighted by Crippen LogP contribution is 2.06. The van der Waals surface area contributed by atoms with Gasteiger partial charge in [0.05, 0.1) is 0 Å². The molecule has 1 atom stereocenters. The van der Waals surface area contributed by atoms with Gasteiger partial charge in [0.1, 0.15) is 0 Å². The first-order valence-corrected chi connectivity index (χ1v) is 7.94. The standard InChI is InChI=1S/C11H25N3O2S/c1-3-4-9-14(2)17(15,16)13-10-11-7-5-6-8-12-11/h11-13H,3-10H2,1-2H3. The highest BCUT2D eigenvalue weighted by molar-refractivity contribution is 7.87. The largest absolute Gasteiger partial charge is 0.313 e. The fourth-order valence-corrected chi connectivity index (χ4v) is 2.92. The molecule has 0 saturated carbocycles. The van der Waals surface area contributed by atoms with E-state index in [-0.39, 0.29) is 6.04 Å². The van der Waals surface area contributed by atoms with Crippen LogP contribution in [0.15, 0.2) is 0 Å². The first-order chi connectivity index (χ1) is 8.06. The predicted molar refractivity (Wildman–Crippen MR) is 70.1 cm³/mol. The second kappa shape index (κ2) is 7.31. The maximum atomic E-state index is 11.9. The summed E-state index contributed by atoms with van der Waals surface area (Å²) in [6.07, 6.45) is 5.34. The van der Waals surface area contributed by atoms with Crippen LogP contribution >= 0.6 is 0 Å². The Balaban J connectivity index is 2.32. The topological polar surface area (TPSA) is 61.4 Å².